The first-order valence-electron chi connectivity index (χ1n) is 6.63. The molecule has 9 heteroatoms. The molecular formula is C12H26As2N2O3S2. The first-order chi connectivity index (χ1) is 9.73. The van der Waals surface area contributed by atoms with E-state index in [2.05, 4.69) is 28.2 Å². The molecular weight excluding hydrogens is 434 g/mol. The molecule has 5 nitrogen and oxygen atoms in total. The molecule has 0 unspecified atom stereocenters. The zero-order chi connectivity index (χ0) is 16.4. The summed E-state index contributed by atoms with van der Waals surface area (Å²) in [7, 11) is 3.72. The van der Waals surface area contributed by atoms with Crippen molar-refractivity contribution in [2.24, 2.45) is 5.73 Å². The van der Waals surface area contributed by atoms with E-state index < -0.39 is 45.0 Å². The number of hydrogen-bond acceptors (Lipinski definition) is 5. The third-order valence-electron chi connectivity index (χ3n) is 2.49. The first kappa shape index (κ1) is 21.7. The van der Waals surface area contributed by atoms with Gasteiger partial charge in [0, 0.05) is 0 Å². The van der Waals surface area contributed by atoms with Crippen molar-refractivity contribution < 1.29 is 14.7 Å². The molecule has 124 valence electrons. The summed E-state index contributed by atoms with van der Waals surface area (Å²) in [6.45, 7) is 0. The molecule has 1 amide bonds. The van der Waals surface area contributed by atoms with Gasteiger partial charge in [0.2, 0.25) is 0 Å². The van der Waals surface area contributed by atoms with E-state index in [1.54, 1.807) is 0 Å². The molecule has 0 rings (SSSR count). The summed E-state index contributed by atoms with van der Waals surface area (Å²) in [5.41, 5.74) is 14.7. The van der Waals surface area contributed by atoms with Crippen LogP contribution in [0, 0.1) is 0 Å². The standard InChI is InChI=1S/C12H26As2N2O3S2/c1-13(2)20-7-5-9(15)11(17)16-10(12(18)19)6-8-21-14(3)4/h9-10H,5-8,15H2,1-4H3,(H,16,17)(H,18,19)/t9-,10-/m0/s1. The van der Waals surface area contributed by atoms with Crippen molar-refractivity contribution in [3.63, 3.8) is 0 Å². The Morgan fingerprint density at radius 3 is 2.00 bits per heavy atom. The molecule has 4 N–H and O–H groups in total. The zero-order valence-electron chi connectivity index (χ0n) is 13.0. The van der Waals surface area contributed by atoms with Crippen LogP contribution in [0.4, 0.5) is 0 Å². The number of rotatable bonds is 11. The van der Waals surface area contributed by atoms with E-state index in [9.17, 15) is 9.59 Å². The minimum atomic E-state index is -0.980. The third-order valence-corrected chi connectivity index (χ3v) is 13.2. The Kier molecular flexibility index (Phi) is 12.6. The quantitative estimate of drug-likeness (QED) is 0.406. The molecule has 0 aliphatic heterocycles. The zero-order valence-corrected chi connectivity index (χ0v) is 18.4. The molecule has 0 bridgehead atoms. The van der Waals surface area contributed by atoms with Crippen molar-refractivity contribution in [3.8, 4) is 0 Å². The van der Waals surface area contributed by atoms with Crippen LogP contribution >= 0.6 is 20.0 Å². The van der Waals surface area contributed by atoms with E-state index in [-0.39, 0.29) is 5.91 Å². The molecule has 0 heterocycles. The molecule has 21 heavy (non-hydrogen) atoms. The molecule has 0 aliphatic carbocycles. The Labute approximate surface area is 143 Å². The van der Waals surface area contributed by atoms with E-state index in [0.29, 0.717) is 12.8 Å². The molecule has 2 atom stereocenters. The van der Waals surface area contributed by atoms with E-state index >= 15 is 0 Å². The second kappa shape index (κ2) is 12.2. The topological polar surface area (TPSA) is 92.4 Å². The number of carbonyl (C=O) groups is 2. The number of nitrogens with two attached hydrogens (primary N) is 1. The summed E-state index contributed by atoms with van der Waals surface area (Å²) in [5.74, 6) is 0.316. The maximum absolute atomic E-state index is 11.9. The monoisotopic (exact) mass is 460 g/mol. The van der Waals surface area contributed by atoms with Gasteiger partial charge in [-0.05, 0) is 0 Å². The summed E-state index contributed by atoms with van der Waals surface area (Å²) < 4.78 is 0. The van der Waals surface area contributed by atoms with Gasteiger partial charge in [0.05, 0.1) is 0 Å². The van der Waals surface area contributed by atoms with E-state index in [1.807, 2.05) is 20.0 Å². The molecule has 0 saturated carbocycles. The fourth-order valence-electron chi connectivity index (χ4n) is 1.38. The predicted molar refractivity (Wildman–Crippen MR) is 96.7 cm³/mol. The summed E-state index contributed by atoms with van der Waals surface area (Å²) in [4.78, 5) is 23.1. The van der Waals surface area contributed by atoms with Gasteiger partial charge in [-0.1, -0.05) is 0 Å². The van der Waals surface area contributed by atoms with Crippen LogP contribution in [-0.4, -0.2) is 67.6 Å². The number of nitrogens with one attached hydrogen (secondary N) is 1. The number of carboxylic acid groups (broad SMARTS) is 1. The van der Waals surface area contributed by atoms with Gasteiger partial charge in [0.1, 0.15) is 0 Å². The van der Waals surface area contributed by atoms with Crippen LogP contribution in [0.2, 0.25) is 22.8 Å². The van der Waals surface area contributed by atoms with Crippen molar-refractivity contribution in [2.45, 2.75) is 47.8 Å². The van der Waals surface area contributed by atoms with Gasteiger partial charge in [-0.15, -0.1) is 0 Å². The molecule has 0 aromatic heterocycles. The number of hydrogen-bond donors (Lipinski definition) is 3. The van der Waals surface area contributed by atoms with Gasteiger partial charge in [-0.3, -0.25) is 0 Å². The van der Waals surface area contributed by atoms with Crippen LogP contribution in [0.15, 0.2) is 0 Å². The Morgan fingerprint density at radius 1 is 1.10 bits per heavy atom. The van der Waals surface area contributed by atoms with E-state index in [4.69, 9.17) is 10.8 Å². The van der Waals surface area contributed by atoms with Gasteiger partial charge in [0.25, 0.3) is 0 Å². The molecule has 0 saturated heterocycles. The van der Waals surface area contributed by atoms with Crippen molar-refractivity contribution in [2.75, 3.05) is 11.5 Å². The van der Waals surface area contributed by atoms with Gasteiger partial charge in [0.15, 0.2) is 0 Å². The SMILES string of the molecule is C[As](C)SCC[C@H](NC(=O)[C@@H](N)CCS[As](C)C)C(=O)O. The normalized spacial score (nSPS) is 14.2. The van der Waals surface area contributed by atoms with Gasteiger partial charge >= 0.3 is 144 Å². The number of aliphatic carboxylic acids is 1. The molecule has 0 aromatic rings. The Balaban J connectivity index is 4.17. The Bertz CT molecular complexity index is 334. The summed E-state index contributed by atoms with van der Waals surface area (Å²) in [5, 5.41) is 11.7. The van der Waals surface area contributed by atoms with E-state index in [1.165, 1.54) is 0 Å². The fraction of sp³-hybridized carbons (Fsp3) is 0.833. The van der Waals surface area contributed by atoms with Gasteiger partial charge in [-0.25, -0.2) is 0 Å². The Hall–Kier alpha value is 0.717. The summed E-state index contributed by atoms with van der Waals surface area (Å²) in [6.07, 6.45) is 1.06. The van der Waals surface area contributed by atoms with Gasteiger partial charge in [-0.2, -0.15) is 0 Å². The number of amides is 1. The fourth-order valence-corrected chi connectivity index (χ4v) is 8.74. The number of carbonyl (C=O) groups excluding carboxylic acids is 1. The van der Waals surface area contributed by atoms with Crippen molar-refractivity contribution in [1.82, 2.24) is 5.32 Å². The number of carboxylic acids is 1. The second-order valence-corrected chi connectivity index (χ2v) is 23.9. The average Bonchev–Trinajstić information content (AvgIpc) is 2.36. The van der Waals surface area contributed by atoms with Crippen LogP contribution < -0.4 is 11.1 Å². The molecule has 0 spiro atoms. The summed E-state index contributed by atoms with van der Waals surface area (Å²) in [6, 6.07) is -1.43. The predicted octanol–water partition coefficient (Wildman–Crippen LogP) is 1.63. The van der Waals surface area contributed by atoms with Crippen molar-refractivity contribution >= 4 is 58.9 Å². The van der Waals surface area contributed by atoms with Crippen molar-refractivity contribution in [3.05, 3.63) is 0 Å². The van der Waals surface area contributed by atoms with Crippen LogP contribution in [0.1, 0.15) is 12.8 Å². The minimum absolute atomic E-state index is 0.346. The molecule has 0 fully saturated rings. The van der Waals surface area contributed by atoms with Crippen molar-refractivity contribution in [1.29, 1.82) is 0 Å². The average molecular weight is 460 g/mol. The van der Waals surface area contributed by atoms with Crippen LogP contribution in [-0.2, 0) is 9.59 Å². The van der Waals surface area contributed by atoms with Crippen LogP contribution in [0.25, 0.3) is 0 Å². The molecule has 0 radical (unpaired) electrons. The maximum atomic E-state index is 11.9. The Morgan fingerprint density at radius 2 is 1.57 bits per heavy atom. The summed E-state index contributed by atoms with van der Waals surface area (Å²) >= 11 is -1.57. The van der Waals surface area contributed by atoms with E-state index in [0.717, 1.165) is 11.5 Å². The molecule has 0 aromatic carbocycles. The third kappa shape index (κ3) is 11.9. The van der Waals surface area contributed by atoms with Crippen LogP contribution in [0.3, 0.4) is 0 Å². The molecule has 0 aliphatic rings. The first-order valence-corrected chi connectivity index (χ1v) is 20.6. The van der Waals surface area contributed by atoms with Crippen LogP contribution in [0.5, 0.6) is 0 Å². The second-order valence-electron chi connectivity index (χ2n) is 4.87. The van der Waals surface area contributed by atoms with Gasteiger partial charge < -0.3 is 0 Å².